The van der Waals surface area contributed by atoms with Crippen LogP contribution in [-0.2, 0) is 4.79 Å². The molecule has 6 heteroatoms. The molecule has 0 bridgehead atoms. The molecule has 1 saturated heterocycles. The molecule has 0 N–H and O–H groups in total. The third kappa shape index (κ3) is 4.53. The van der Waals surface area contributed by atoms with Crippen LogP contribution in [0.25, 0.3) is 0 Å². The number of amides is 2. The molecule has 3 rings (SSSR count). The van der Waals surface area contributed by atoms with Gasteiger partial charge in [0, 0.05) is 31.7 Å². The summed E-state index contributed by atoms with van der Waals surface area (Å²) in [6.07, 6.45) is 0.704. The summed E-state index contributed by atoms with van der Waals surface area (Å²) < 4.78 is 5.49. The van der Waals surface area contributed by atoms with E-state index in [-0.39, 0.29) is 18.4 Å². The number of rotatable bonds is 5. The van der Waals surface area contributed by atoms with E-state index in [1.807, 2.05) is 31.2 Å². The van der Waals surface area contributed by atoms with Crippen LogP contribution < -0.4 is 4.74 Å². The highest BCUT2D eigenvalue weighted by atomic mass is 16.5. The number of carbonyl (C=O) groups is 3. The van der Waals surface area contributed by atoms with Gasteiger partial charge in [-0.05, 0) is 31.2 Å². The van der Waals surface area contributed by atoms with Gasteiger partial charge >= 0.3 is 0 Å². The van der Waals surface area contributed by atoms with E-state index in [0.29, 0.717) is 49.3 Å². The van der Waals surface area contributed by atoms with Gasteiger partial charge in [0.1, 0.15) is 5.75 Å². The standard InChI is InChI=1S/C21H22N2O4/c1-16-6-8-17(9-7-16)21(26)23-12-10-22(11-13-23)20(25)15-27-19-5-3-2-4-18(19)14-24/h2-9,14H,10-13,15H2,1H3. The molecule has 0 aliphatic carbocycles. The van der Waals surface area contributed by atoms with Crippen molar-refractivity contribution in [1.82, 2.24) is 9.80 Å². The van der Waals surface area contributed by atoms with Crippen LogP contribution in [0.2, 0.25) is 0 Å². The molecule has 0 aromatic heterocycles. The second kappa shape index (κ2) is 8.49. The minimum absolute atomic E-state index is 0.0155. The van der Waals surface area contributed by atoms with Gasteiger partial charge in [-0.15, -0.1) is 0 Å². The molecule has 0 atom stereocenters. The predicted molar refractivity (Wildman–Crippen MR) is 101 cm³/mol. The van der Waals surface area contributed by atoms with Gasteiger partial charge in [0.05, 0.1) is 5.56 Å². The van der Waals surface area contributed by atoms with Crippen LogP contribution in [0.1, 0.15) is 26.3 Å². The van der Waals surface area contributed by atoms with Crippen LogP contribution >= 0.6 is 0 Å². The lowest BCUT2D eigenvalue weighted by Crippen LogP contribution is -2.51. The highest BCUT2D eigenvalue weighted by Gasteiger charge is 2.25. The summed E-state index contributed by atoms with van der Waals surface area (Å²) in [5, 5.41) is 0. The van der Waals surface area contributed by atoms with E-state index in [0.717, 1.165) is 5.56 Å². The first-order valence-corrected chi connectivity index (χ1v) is 8.89. The fourth-order valence-corrected chi connectivity index (χ4v) is 2.98. The van der Waals surface area contributed by atoms with Crippen molar-refractivity contribution in [3.63, 3.8) is 0 Å². The van der Waals surface area contributed by atoms with Crippen molar-refractivity contribution in [2.75, 3.05) is 32.8 Å². The molecule has 2 aromatic carbocycles. The number of carbonyl (C=O) groups excluding carboxylic acids is 3. The van der Waals surface area contributed by atoms with Gasteiger partial charge in [0.2, 0.25) is 0 Å². The summed E-state index contributed by atoms with van der Waals surface area (Å²) >= 11 is 0. The first-order chi connectivity index (χ1) is 13.1. The zero-order valence-corrected chi connectivity index (χ0v) is 15.3. The molecule has 1 heterocycles. The average Bonchev–Trinajstić information content (AvgIpc) is 2.72. The summed E-state index contributed by atoms with van der Waals surface area (Å²) in [6, 6.07) is 14.3. The highest BCUT2D eigenvalue weighted by molar-refractivity contribution is 5.94. The van der Waals surface area contributed by atoms with Gasteiger partial charge in [0.15, 0.2) is 12.9 Å². The van der Waals surface area contributed by atoms with Crippen LogP contribution in [0.5, 0.6) is 5.75 Å². The number of para-hydroxylation sites is 1. The molecule has 6 nitrogen and oxygen atoms in total. The summed E-state index contributed by atoms with van der Waals surface area (Å²) in [7, 11) is 0. The van der Waals surface area contributed by atoms with Gasteiger partial charge in [-0.25, -0.2) is 0 Å². The van der Waals surface area contributed by atoms with Crippen molar-refractivity contribution < 1.29 is 19.1 Å². The fraction of sp³-hybridized carbons (Fsp3) is 0.286. The van der Waals surface area contributed by atoms with Gasteiger partial charge in [-0.1, -0.05) is 29.8 Å². The molecule has 140 valence electrons. The third-order valence-corrected chi connectivity index (χ3v) is 4.62. The van der Waals surface area contributed by atoms with Gasteiger partial charge in [0.25, 0.3) is 11.8 Å². The molecule has 0 saturated carbocycles. The Morgan fingerprint density at radius 3 is 2.26 bits per heavy atom. The van der Waals surface area contributed by atoms with Crippen LogP contribution in [0, 0.1) is 6.92 Å². The SMILES string of the molecule is Cc1ccc(C(=O)N2CCN(C(=O)COc3ccccc3C=O)CC2)cc1. The molecule has 27 heavy (non-hydrogen) atoms. The molecule has 1 fully saturated rings. The van der Waals surface area contributed by atoms with Crippen molar-refractivity contribution in [3.05, 3.63) is 65.2 Å². The number of hydrogen-bond donors (Lipinski definition) is 0. The molecule has 1 aliphatic heterocycles. The van der Waals surface area contributed by atoms with Crippen LogP contribution in [-0.4, -0.2) is 60.7 Å². The van der Waals surface area contributed by atoms with Crippen LogP contribution in [0.15, 0.2) is 48.5 Å². The maximum Gasteiger partial charge on any atom is 0.260 e. The Morgan fingerprint density at radius 2 is 1.59 bits per heavy atom. The van der Waals surface area contributed by atoms with E-state index < -0.39 is 0 Å². The summed E-state index contributed by atoms with van der Waals surface area (Å²) in [4.78, 5) is 39.3. The lowest BCUT2D eigenvalue weighted by Gasteiger charge is -2.34. The Balaban J connectivity index is 1.51. The Morgan fingerprint density at radius 1 is 0.963 bits per heavy atom. The van der Waals surface area contributed by atoms with Crippen LogP contribution in [0.3, 0.4) is 0 Å². The number of aldehydes is 1. The van der Waals surface area contributed by atoms with E-state index in [4.69, 9.17) is 4.74 Å². The number of aryl methyl sites for hydroxylation is 1. The topological polar surface area (TPSA) is 66.9 Å². The van der Waals surface area contributed by atoms with Crippen molar-refractivity contribution in [3.8, 4) is 5.75 Å². The largest absolute Gasteiger partial charge is 0.483 e. The zero-order valence-electron chi connectivity index (χ0n) is 15.3. The molecule has 2 aromatic rings. The Bertz CT molecular complexity index is 824. The average molecular weight is 366 g/mol. The monoisotopic (exact) mass is 366 g/mol. The van der Waals surface area contributed by atoms with E-state index in [1.165, 1.54) is 0 Å². The Labute approximate surface area is 158 Å². The quantitative estimate of drug-likeness (QED) is 0.761. The molecular formula is C21H22N2O4. The lowest BCUT2D eigenvalue weighted by molar-refractivity contribution is -0.134. The second-order valence-electron chi connectivity index (χ2n) is 6.48. The fourth-order valence-electron chi connectivity index (χ4n) is 2.98. The molecule has 0 spiro atoms. The van der Waals surface area contributed by atoms with E-state index >= 15 is 0 Å². The minimum atomic E-state index is -0.155. The van der Waals surface area contributed by atoms with E-state index in [9.17, 15) is 14.4 Å². The predicted octanol–water partition coefficient (Wildman–Crippen LogP) is 2.17. The zero-order chi connectivity index (χ0) is 19.2. The summed E-state index contributed by atoms with van der Waals surface area (Å²) in [5.41, 5.74) is 2.19. The van der Waals surface area contributed by atoms with Crippen molar-refractivity contribution in [2.24, 2.45) is 0 Å². The van der Waals surface area contributed by atoms with E-state index in [1.54, 1.807) is 34.1 Å². The van der Waals surface area contributed by atoms with Crippen molar-refractivity contribution in [1.29, 1.82) is 0 Å². The van der Waals surface area contributed by atoms with Gasteiger partial charge in [-0.2, -0.15) is 0 Å². The number of piperazine rings is 1. The number of nitrogens with zero attached hydrogens (tertiary/aromatic N) is 2. The molecule has 0 radical (unpaired) electrons. The summed E-state index contributed by atoms with van der Waals surface area (Å²) in [5.74, 6) is 0.227. The number of benzene rings is 2. The first-order valence-electron chi connectivity index (χ1n) is 8.89. The van der Waals surface area contributed by atoms with Crippen molar-refractivity contribution >= 4 is 18.1 Å². The van der Waals surface area contributed by atoms with E-state index in [2.05, 4.69) is 0 Å². The molecular weight excluding hydrogens is 344 g/mol. The number of hydrogen-bond acceptors (Lipinski definition) is 4. The molecule has 1 aliphatic rings. The van der Waals surface area contributed by atoms with Crippen molar-refractivity contribution in [2.45, 2.75) is 6.92 Å². The smallest absolute Gasteiger partial charge is 0.260 e. The maximum atomic E-state index is 12.5. The van der Waals surface area contributed by atoms with Gasteiger partial charge < -0.3 is 14.5 Å². The molecule has 0 unspecified atom stereocenters. The highest BCUT2D eigenvalue weighted by Crippen LogP contribution is 2.16. The number of ether oxygens (including phenoxy) is 1. The Hall–Kier alpha value is -3.15. The normalized spacial score (nSPS) is 14.0. The Kier molecular flexibility index (Phi) is 5.86. The minimum Gasteiger partial charge on any atom is -0.483 e. The van der Waals surface area contributed by atoms with Crippen LogP contribution in [0.4, 0.5) is 0 Å². The first kappa shape index (κ1) is 18.6. The third-order valence-electron chi connectivity index (χ3n) is 4.62. The second-order valence-corrected chi connectivity index (χ2v) is 6.48. The lowest BCUT2D eigenvalue weighted by atomic mass is 10.1. The summed E-state index contributed by atoms with van der Waals surface area (Å²) in [6.45, 7) is 3.77. The maximum absolute atomic E-state index is 12.5. The van der Waals surface area contributed by atoms with Gasteiger partial charge in [-0.3, -0.25) is 14.4 Å². The molecule has 2 amide bonds.